The zero-order chi connectivity index (χ0) is 9.84. The van der Waals surface area contributed by atoms with Crippen LogP contribution < -0.4 is 0 Å². The van der Waals surface area contributed by atoms with Gasteiger partial charge in [0.15, 0.2) is 5.78 Å². The first kappa shape index (κ1) is 9.92. The topological polar surface area (TPSA) is 63.6 Å². The Hall–Kier alpha value is -1.16. The van der Waals surface area contributed by atoms with Crippen molar-refractivity contribution in [3.63, 3.8) is 0 Å². The van der Waals surface area contributed by atoms with Crippen molar-refractivity contribution in [1.29, 1.82) is 0 Å². The molecular weight excluding hydrogens is 172 g/mol. The van der Waals surface area contributed by atoms with Crippen LogP contribution in [0, 0.1) is 0 Å². The minimum Gasteiger partial charge on any atom is -0.458 e. The monoisotopic (exact) mass is 184 g/mol. The van der Waals surface area contributed by atoms with Gasteiger partial charge in [0.25, 0.3) is 0 Å². The lowest BCUT2D eigenvalue weighted by Gasteiger charge is -2.13. The third kappa shape index (κ3) is 3.38. The SMILES string of the molecule is CC(=O)O[C@@H]1C=CC(=O)C[C@H](O)C1. The number of aliphatic hydroxyl groups is 1. The molecule has 1 aliphatic carbocycles. The third-order valence-corrected chi connectivity index (χ3v) is 1.76. The van der Waals surface area contributed by atoms with Crippen LogP contribution in [0.3, 0.4) is 0 Å². The van der Waals surface area contributed by atoms with Gasteiger partial charge in [0.2, 0.25) is 0 Å². The number of hydrogen-bond acceptors (Lipinski definition) is 4. The molecule has 13 heavy (non-hydrogen) atoms. The van der Waals surface area contributed by atoms with Crippen molar-refractivity contribution in [3.05, 3.63) is 12.2 Å². The lowest BCUT2D eigenvalue weighted by Crippen LogP contribution is -2.20. The van der Waals surface area contributed by atoms with Crippen LogP contribution in [0.5, 0.6) is 0 Å². The van der Waals surface area contributed by atoms with Gasteiger partial charge in [-0.25, -0.2) is 0 Å². The van der Waals surface area contributed by atoms with Crippen molar-refractivity contribution >= 4 is 11.8 Å². The largest absolute Gasteiger partial charge is 0.458 e. The van der Waals surface area contributed by atoms with Crippen LogP contribution in [0.25, 0.3) is 0 Å². The highest BCUT2D eigenvalue weighted by Crippen LogP contribution is 2.12. The number of rotatable bonds is 1. The maximum Gasteiger partial charge on any atom is 0.303 e. The summed E-state index contributed by atoms with van der Waals surface area (Å²) >= 11 is 0. The van der Waals surface area contributed by atoms with Crippen molar-refractivity contribution in [2.24, 2.45) is 0 Å². The molecule has 72 valence electrons. The van der Waals surface area contributed by atoms with Crippen molar-refractivity contribution < 1.29 is 19.4 Å². The number of carbonyl (C=O) groups is 2. The average Bonchev–Trinajstić information content (AvgIpc) is 2.11. The molecule has 0 aromatic heterocycles. The maximum absolute atomic E-state index is 10.9. The fourth-order valence-electron chi connectivity index (χ4n) is 1.25. The molecule has 0 aromatic carbocycles. The lowest BCUT2D eigenvalue weighted by atomic mass is 10.1. The third-order valence-electron chi connectivity index (χ3n) is 1.76. The highest BCUT2D eigenvalue weighted by molar-refractivity contribution is 5.90. The van der Waals surface area contributed by atoms with E-state index in [1.807, 2.05) is 0 Å². The number of esters is 1. The highest BCUT2D eigenvalue weighted by Gasteiger charge is 2.20. The van der Waals surface area contributed by atoms with E-state index < -0.39 is 18.2 Å². The number of allylic oxidation sites excluding steroid dienone is 1. The van der Waals surface area contributed by atoms with Crippen LogP contribution in [0.4, 0.5) is 0 Å². The second kappa shape index (κ2) is 4.18. The quantitative estimate of drug-likeness (QED) is 0.591. The molecule has 0 fully saturated rings. The normalized spacial score (nSPS) is 28.3. The van der Waals surface area contributed by atoms with Gasteiger partial charge >= 0.3 is 5.97 Å². The standard InChI is InChI=1S/C9H12O4/c1-6(10)13-9-3-2-7(11)4-8(12)5-9/h2-3,8-9,12H,4-5H2,1H3/t8-,9+/m0/s1. The smallest absolute Gasteiger partial charge is 0.303 e. The second-order valence-electron chi connectivity index (χ2n) is 3.07. The summed E-state index contributed by atoms with van der Waals surface area (Å²) in [5.41, 5.74) is 0. The van der Waals surface area contributed by atoms with Gasteiger partial charge < -0.3 is 9.84 Å². The van der Waals surface area contributed by atoms with Crippen LogP contribution in [0.2, 0.25) is 0 Å². The van der Waals surface area contributed by atoms with Crippen molar-refractivity contribution in [2.75, 3.05) is 0 Å². The summed E-state index contributed by atoms with van der Waals surface area (Å²) in [6.07, 6.45) is 2.07. The van der Waals surface area contributed by atoms with Crippen molar-refractivity contribution in [2.45, 2.75) is 32.0 Å². The predicted molar refractivity (Wildman–Crippen MR) is 44.9 cm³/mol. The molecule has 0 spiro atoms. The first-order valence-electron chi connectivity index (χ1n) is 4.14. The van der Waals surface area contributed by atoms with E-state index in [-0.39, 0.29) is 12.2 Å². The summed E-state index contributed by atoms with van der Waals surface area (Å²) in [4.78, 5) is 21.5. The Morgan fingerprint density at radius 2 is 2.38 bits per heavy atom. The molecular formula is C9H12O4. The summed E-state index contributed by atoms with van der Waals surface area (Å²) in [5, 5.41) is 9.29. The van der Waals surface area contributed by atoms with Crippen LogP contribution in [-0.2, 0) is 14.3 Å². The van der Waals surface area contributed by atoms with Gasteiger partial charge in [-0.2, -0.15) is 0 Å². The Morgan fingerprint density at radius 3 is 3.00 bits per heavy atom. The molecule has 0 saturated heterocycles. The maximum atomic E-state index is 10.9. The van der Waals surface area contributed by atoms with Crippen LogP contribution in [0.1, 0.15) is 19.8 Å². The molecule has 0 heterocycles. The van der Waals surface area contributed by atoms with Crippen LogP contribution in [-0.4, -0.2) is 29.1 Å². The summed E-state index contributed by atoms with van der Waals surface area (Å²) in [6.45, 7) is 1.30. The Kier molecular flexibility index (Phi) is 3.19. The number of carbonyl (C=O) groups excluding carboxylic acids is 2. The molecule has 1 rings (SSSR count). The Labute approximate surface area is 76.2 Å². The molecule has 2 atom stereocenters. The first-order valence-corrected chi connectivity index (χ1v) is 4.14. The number of aliphatic hydroxyl groups excluding tert-OH is 1. The van der Waals surface area contributed by atoms with Crippen molar-refractivity contribution in [1.82, 2.24) is 0 Å². The molecule has 0 bridgehead atoms. The highest BCUT2D eigenvalue weighted by atomic mass is 16.5. The number of ether oxygens (including phenoxy) is 1. The number of ketones is 1. The van der Waals surface area contributed by atoms with Gasteiger partial charge in [-0.1, -0.05) is 0 Å². The molecule has 0 aromatic rings. The fourth-order valence-corrected chi connectivity index (χ4v) is 1.25. The van der Waals surface area contributed by atoms with E-state index >= 15 is 0 Å². The predicted octanol–water partition coefficient (Wildman–Crippen LogP) is 0.198. The van der Waals surface area contributed by atoms with E-state index in [9.17, 15) is 14.7 Å². The zero-order valence-corrected chi connectivity index (χ0v) is 7.40. The van der Waals surface area contributed by atoms with Gasteiger partial charge in [0.05, 0.1) is 6.10 Å². The van der Waals surface area contributed by atoms with Gasteiger partial charge in [0, 0.05) is 19.8 Å². The van der Waals surface area contributed by atoms with Gasteiger partial charge in [-0.3, -0.25) is 9.59 Å². The Morgan fingerprint density at radius 1 is 1.69 bits per heavy atom. The van der Waals surface area contributed by atoms with E-state index in [4.69, 9.17) is 4.74 Å². The van der Waals surface area contributed by atoms with Crippen molar-refractivity contribution in [3.8, 4) is 0 Å². The molecule has 1 N–H and O–H groups in total. The Bertz CT molecular complexity index is 244. The summed E-state index contributed by atoms with van der Waals surface area (Å²) in [5.74, 6) is -0.543. The summed E-state index contributed by atoms with van der Waals surface area (Å²) in [7, 11) is 0. The van der Waals surface area contributed by atoms with E-state index in [0.717, 1.165) is 0 Å². The molecule has 0 radical (unpaired) electrons. The molecule has 0 amide bonds. The summed E-state index contributed by atoms with van der Waals surface area (Å²) < 4.78 is 4.85. The Balaban J connectivity index is 2.59. The minimum absolute atomic E-state index is 0.105. The molecule has 0 unspecified atom stereocenters. The van der Waals surface area contributed by atoms with Gasteiger partial charge in [-0.15, -0.1) is 0 Å². The van der Waals surface area contributed by atoms with E-state index in [2.05, 4.69) is 0 Å². The molecule has 4 heteroatoms. The van der Waals surface area contributed by atoms with Gasteiger partial charge in [0.1, 0.15) is 6.10 Å². The van der Waals surface area contributed by atoms with Crippen LogP contribution >= 0.6 is 0 Å². The fraction of sp³-hybridized carbons (Fsp3) is 0.556. The molecule has 1 aliphatic rings. The zero-order valence-electron chi connectivity index (χ0n) is 7.40. The number of hydrogen-bond donors (Lipinski definition) is 1. The van der Waals surface area contributed by atoms with E-state index in [1.54, 1.807) is 0 Å². The second-order valence-corrected chi connectivity index (χ2v) is 3.07. The molecule has 0 saturated carbocycles. The first-order chi connectivity index (χ1) is 6.08. The summed E-state index contributed by atoms with van der Waals surface area (Å²) in [6, 6.07) is 0. The molecule has 0 aliphatic heterocycles. The van der Waals surface area contributed by atoms with Crippen LogP contribution in [0.15, 0.2) is 12.2 Å². The molecule has 4 nitrogen and oxygen atoms in total. The van der Waals surface area contributed by atoms with E-state index in [1.165, 1.54) is 19.1 Å². The van der Waals surface area contributed by atoms with E-state index in [0.29, 0.717) is 6.42 Å². The lowest BCUT2D eigenvalue weighted by molar-refractivity contribution is -0.145. The average molecular weight is 184 g/mol. The van der Waals surface area contributed by atoms with Gasteiger partial charge in [-0.05, 0) is 12.2 Å². The minimum atomic E-state index is -0.716.